The largest absolute Gasteiger partial charge is 0.384 e. The van der Waals surface area contributed by atoms with Gasteiger partial charge in [0.2, 0.25) is 5.91 Å². The minimum Gasteiger partial charge on any atom is -0.384 e. The van der Waals surface area contributed by atoms with Gasteiger partial charge in [0.1, 0.15) is 11.5 Å². The van der Waals surface area contributed by atoms with Gasteiger partial charge < -0.3 is 16.6 Å². The van der Waals surface area contributed by atoms with E-state index in [1.165, 1.54) is 33.1 Å². The van der Waals surface area contributed by atoms with Gasteiger partial charge in [0, 0.05) is 6.04 Å². The number of aliphatic hydroxyl groups excluding tert-OH is 1. The van der Waals surface area contributed by atoms with Crippen molar-refractivity contribution in [3.8, 4) is 0 Å². The van der Waals surface area contributed by atoms with Crippen LogP contribution in [0.25, 0.3) is 0 Å². The van der Waals surface area contributed by atoms with Crippen LogP contribution in [0.2, 0.25) is 0 Å². The normalized spacial score (nSPS) is 20.8. The Bertz CT molecular complexity index is 336. The summed E-state index contributed by atoms with van der Waals surface area (Å²) in [4.78, 5) is 23.3. The first-order valence-corrected chi connectivity index (χ1v) is 7.04. The minimum atomic E-state index is -1.37. The molecule has 2 unspecified atom stereocenters. The summed E-state index contributed by atoms with van der Waals surface area (Å²) < 4.78 is 0. The summed E-state index contributed by atoms with van der Waals surface area (Å²) in [5, 5.41) is 10.0. The number of carbonyl (C=O) groups excluding carboxylic acids is 2. The topological polar surface area (TPSA) is 106 Å². The van der Waals surface area contributed by atoms with E-state index in [2.05, 4.69) is 0 Å². The van der Waals surface area contributed by atoms with Crippen molar-refractivity contribution in [2.75, 3.05) is 0 Å². The molecular weight excluding hydrogens is 244 g/mol. The molecule has 0 radical (unpaired) electrons. The first-order valence-electron chi connectivity index (χ1n) is 7.04. The zero-order valence-corrected chi connectivity index (χ0v) is 11.9. The zero-order chi connectivity index (χ0) is 14.6. The molecule has 1 rings (SSSR count). The SMILES string of the molecule is CC(C)(C(N)=O)C(=O)C(O)C(N)CC1CCCCC1. The molecule has 0 aromatic rings. The Hall–Kier alpha value is -0.940. The fourth-order valence-corrected chi connectivity index (χ4v) is 2.62. The van der Waals surface area contributed by atoms with Crippen LogP contribution < -0.4 is 11.5 Å². The molecule has 1 aliphatic carbocycles. The van der Waals surface area contributed by atoms with Gasteiger partial charge in [-0.3, -0.25) is 9.59 Å². The number of ketones is 1. The summed E-state index contributed by atoms with van der Waals surface area (Å²) in [6.07, 6.45) is 5.15. The zero-order valence-electron chi connectivity index (χ0n) is 11.9. The van der Waals surface area contributed by atoms with Gasteiger partial charge in [-0.05, 0) is 26.2 Å². The lowest BCUT2D eigenvalue weighted by Crippen LogP contribution is -2.51. The predicted molar refractivity (Wildman–Crippen MR) is 73.2 cm³/mol. The van der Waals surface area contributed by atoms with E-state index in [0.717, 1.165) is 12.8 Å². The molecule has 5 nitrogen and oxygen atoms in total. The highest BCUT2D eigenvalue weighted by Gasteiger charge is 2.40. The maximum atomic E-state index is 12.1. The Kier molecular flexibility index (Phi) is 5.50. The first-order chi connectivity index (χ1) is 8.76. The number of aliphatic hydroxyl groups is 1. The maximum Gasteiger partial charge on any atom is 0.230 e. The van der Waals surface area contributed by atoms with Crippen LogP contribution in [-0.2, 0) is 9.59 Å². The van der Waals surface area contributed by atoms with Crippen LogP contribution in [0.1, 0.15) is 52.4 Å². The molecule has 110 valence electrons. The average Bonchev–Trinajstić information content (AvgIpc) is 2.37. The molecular formula is C14H26N2O3. The highest BCUT2D eigenvalue weighted by atomic mass is 16.3. The number of hydrogen-bond donors (Lipinski definition) is 3. The van der Waals surface area contributed by atoms with Crippen LogP contribution in [0.5, 0.6) is 0 Å². The van der Waals surface area contributed by atoms with Crippen LogP contribution in [0.4, 0.5) is 0 Å². The van der Waals surface area contributed by atoms with E-state index < -0.39 is 29.3 Å². The number of primary amides is 1. The van der Waals surface area contributed by atoms with E-state index in [1.54, 1.807) is 0 Å². The lowest BCUT2D eigenvalue weighted by Gasteiger charge is -2.29. The number of amides is 1. The summed E-state index contributed by atoms with van der Waals surface area (Å²) in [5.74, 6) is -0.840. The van der Waals surface area contributed by atoms with Crippen molar-refractivity contribution in [1.29, 1.82) is 0 Å². The quantitative estimate of drug-likeness (QED) is 0.618. The monoisotopic (exact) mass is 270 g/mol. The van der Waals surface area contributed by atoms with Gasteiger partial charge in [-0.15, -0.1) is 0 Å². The van der Waals surface area contributed by atoms with Gasteiger partial charge in [0.25, 0.3) is 0 Å². The van der Waals surface area contributed by atoms with Gasteiger partial charge >= 0.3 is 0 Å². The second-order valence-electron chi connectivity index (χ2n) is 6.20. The molecule has 1 saturated carbocycles. The van der Waals surface area contributed by atoms with Crippen molar-refractivity contribution < 1.29 is 14.7 Å². The summed E-state index contributed by atoms with van der Waals surface area (Å²) >= 11 is 0. The lowest BCUT2D eigenvalue weighted by atomic mass is 9.79. The molecule has 0 aromatic carbocycles. The fourth-order valence-electron chi connectivity index (χ4n) is 2.62. The van der Waals surface area contributed by atoms with E-state index in [-0.39, 0.29) is 0 Å². The van der Waals surface area contributed by atoms with E-state index in [4.69, 9.17) is 11.5 Å². The molecule has 5 N–H and O–H groups in total. The van der Waals surface area contributed by atoms with Crippen LogP contribution in [0.3, 0.4) is 0 Å². The van der Waals surface area contributed by atoms with Gasteiger partial charge in [-0.25, -0.2) is 0 Å². The Morgan fingerprint density at radius 2 is 1.79 bits per heavy atom. The van der Waals surface area contributed by atoms with Gasteiger partial charge in [0.15, 0.2) is 5.78 Å². The highest BCUT2D eigenvalue weighted by Crippen LogP contribution is 2.28. The average molecular weight is 270 g/mol. The smallest absolute Gasteiger partial charge is 0.230 e. The molecule has 1 fully saturated rings. The standard InChI is InChI=1S/C14H26N2O3/c1-14(2,13(16)19)12(18)11(17)10(15)8-9-6-4-3-5-7-9/h9-11,17H,3-8,15H2,1-2H3,(H2,16,19). The molecule has 0 heterocycles. The van der Waals surface area contributed by atoms with Gasteiger partial charge in [0.05, 0.1) is 0 Å². The Morgan fingerprint density at radius 1 is 1.26 bits per heavy atom. The molecule has 2 atom stereocenters. The summed E-state index contributed by atoms with van der Waals surface area (Å²) in [5.41, 5.74) is 9.73. The minimum absolute atomic E-state index is 0.475. The Labute approximate surface area is 114 Å². The van der Waals surface area contributed by atoms with Crippen LogP contribution >= 0.6 is 0 Å². The van der Waals surface area contributed by atoms with E-state index in [9.17, 15) is 14.7 Å². The van der Waals surface area contributed by atoms with Crippen LogP contribution in [0, 0.1) is 11.3 Å². The van der Waals surface area contributed by atoms with E-state index >= 15 is 0 Å². The molecule has 0 saturated heterocycles. The lowest BCUT2D eigenvalue weighted by molar-refractivity contribution is -0.144. The predicted octanol–water partition coefficient (Wildman–Crippen LogP) is 0.726. The molecule has 0 bridgehead atoms. The van der Waals surface area contributed by atoms with Crippen LogP contribution in [-0.4, -0.2) is 28.9 Å². The third-order valence-corrected chi connectivity index (χ3v) is 4.24. The molecule has 19 heavy (non-hydrogen) atoms. The van der Waals surface area contributed by atoms with Crippen molar-refractivity contribution >= 4 is 11.7 Å². The molecule has 0 aliphatic heterocycles. The van der Waals surface area contributed by atoms with E-state index in [0.29, 0.717) is 12.3 Å². The fraction of sp³-hybridized carbons (Fsp3) is 0.857. The van der Waals surface area contributed by atoms with Crippen molar-refractivity contribution in [2.24, 2.45) is 22.8 Å². The van der Waals surface area contributed by atoms with Crippen molar-refractivity contribution in [2.45, 2.75) is 64.5 Å². The van der Waals surface area contributed by atoms with Gasteiger partial charge in [-0.2, -0.15) is 0 Å². The molecule has 1 amide bonds. The first kappa shape index (κ1) is 16.1. The van der Waals surface area contributed by atoms with Crippen molar-refractivity contribution in [3.05, 3.63) is 0 Å². The summed E-state index contributed by atoms with van der Waals surface area (Å²) in [6.45, 7) is 2.85. The van der Waals surface area contributed by atoms with E-state index in [1.807, 2.05) is 0 Å². The van der Waals surface area contributed by atoms with Crippen LogP contribution in [0.15, 0.2) is 0 Å². The third-order valence-electron chi connectivity index (χ3n) is 4.24. The molecule has 0 spiro atoms. The Balaban J connectivity index is 2.58. The summed E-state index contributed by atoms with van der Waals surface area (Å²) in [6, 6.07) is -0.616. The van der Waals surface area contributed by atoms with Gasteiger partial charge in [-0.1, -0.05) is 32.1 Å². The molecule has 0 aromatic heterocycles. The maximum absolute atomic E-state index is 12.1. The number of rotatable bonds is 6. The van der Waals surface area contributed by atoms with Crippen molar-refractivity contribution in [3.63, 3.8) is 0 Å². The number of nitrogens with two attached hydrogens (primary N) is 2. The highest BCUT2D eigenvalue weighted by molar-refractivity contribution is 6.06. The number of hydrogen-bond acceptors (Lipinski definition) is 4. The van der Waals surface area contributed by atoms with Crippen molar-refractivity contribution in [1.82, 2.24) is 0 Å². The summed E-state index contributed by atoms with van der Waals surface area (Å²) in [7, 11) is 0. The Morgan fingerprint density at radius 3 is 2.26 bits per heavy atom. The number of Topliss-reactive ketones (excluding diaryl/α,β-unsaturated/α-hetero) is 1. The number of carbonyl (C=O) groups is 2. The molecule has 1 aliphatic rings. The third kappa shape index (κ3) is 4.01. The second-order valence-corrected chi connectivity index (χ2v) is 6.20. The molecule has 5 heteroatoms. The second kappa shape index (κ2) is 6.48.